The molecule has 0 aliphatic rings. The molecule has 0 fully saturated rings. The van der Waals surface area contributed by atoms with Gasteiger partial charge >= 0.3 is 0 Å². The fraction of sp³-hybridized carbons (Fsp3) is 0. The number of rotatable bonds is 4. The summed E-state index contributed by atoms with van der Waals surface area (Å²) in [4.78, 5) is 20.2. The summed E-state index contributed by atoms with van der Waals surface area (Å²) in [5.74, 6) is 1.79. The van der Waals surface area contributed by atoms with Crippen LogP contribution in [-0.4, -0.2) is 29.1 Å². The van der Waals surface area contributed by atoms with Crippen molar-refractivity contribution in [3.8, 4) is 34.4 Å². The monoisotopic (exact) mass is 564 g/mol. The highest BCUT2D eigenvalue weighted by Crippen LogP contribution is 2.36. The summed E-state index contributed by atoms with van der Waals surface area (Å²) in [6.07, 6.45) is 1.85. The molecule has 0 unspecified atom stereocenters. The highest BCUT2D eigenvalue weighted by Gasteiger charge is 2.21. The zero-order valence-electron chi connectivity index (χ0n) is 23.5. The van der Waals surface area contributed by atoms with Gasteiger partial charge in [0.25, 0.3) is 0 Å². The molecule has 4 heterocycles. The first-order valence-electron chi connectivity index (χ1n) is 14.6. The molecule has 0 radical (unpaired) electrons. The number of hydrogen-bond donors (Lipinski definition) is 0. The highest BCUT2D eigenvalue weighted by molar-refractivity contribution is 6.09. The van der Waals surface area contributed by atoms with Gasteiger partial charge in [-0.05, 0) is 42.5 Å². The molecule has 0 aliphatic carbocycles. The zero-order valence-corrected chi connectivity index (χ0v) is 23.5. The van der Waals surface area contributed by atoms with E-state index in [-0.39, 0.29) is 0 Å². The molecule has 5 aromatic carbocycles. The van der Waals surface area contributed by atoms with E-state index in [9.17, 15) is 0 Å². The normalized spacial score (nSPS) is 11.6. The van der Waals surface area contributed by atoms with Crippen LogP contribution in [0.3, 0.4) is 0 Å². The molecule has 44 heavy (non-hydrogen) atoms. The molecule has 0 bridgehead atoms. The van der Waals surface area contributed by atoms with Crippen LogP contribution in [-0.2, 0) is 0 Å². The van der Waals surface area contributed by atoms with Crippen LogP contribution < -0.4 is 0 Å². The molecule has 0 amide bonds. The average molecular weight is 565 g/mol. The fourth-order valence-electron chi connectivity index (χ4n) is 6.34. The molecule has 4 aromatic heterocycles. The van der Waals surface area contributed by atoms with E-state index in [0.29, 0.717) is 17.6 Å². The van der Waals surface area contributed by atoms with Gasteiger partial charge in [-0.3, -0.25) is 9.55 Å². The smallest absolute Gasteiger partial charge is 0.238 e. The minimum absolute atomic E-state index is 0.574. The Labute approximate surface area is 252 Å². The van der Waals surface area contributed by atoms with Crippen LogP contribution in [0.1, 0.15) is 0 Å². The molecular weight excluding hydrogens is 540 g/mol. The van der Waals surface area contributed by atoms with E-state index in [1.165, 1.54) is 0 Å². The van der Waals surface area contributed by atoms with Gasteiger partial charge in [-0.1, -0.05) is 97.1 Å². The van der Waals surface area contributed by atoms with Crippen molar-refractivity contribution >= 4 is 43.7 Å². The molecule has 0 saturated carbocycles. The van der Waals surface area contributed by atoms with E-state index in [0.717, 1.165) is 60.6 Å². The topological polar surface area (TPSA) is 61.4 Å². The van der Waals surface area contributed by atoms with Crippen LogP contribution in [0.25, 0.3) is 78.2 Å². The molecule has 0 N–H and O–H groups in total. The number of hydrogen-bond acceptors (Lipinski definition) is 4. The SMILES string of the molecule is c1ccc(-c2nc(-c3ccccc3-n3c4ccccc4c4ncccc43)nc(-n3c4ccccc4c4ccccc43)n2)cc1. The van der Waals surface area contributed by atoms with Crippen LogP contribution in [0, 0.1) is 0 Å². The van der Waals surface area contributed by atoms with Crippen molar-refractivity contribution in [1.29, 1.82) is 0 Å². The fourth-order valence-corrected chi connectivity index (χ4v) is 6.34. The molecule has 9 aromatic rings. The average Bonchev–Trinajstić information content (AvgIpc) is 3.62. The van der Waals surface area contributed by atoms with Gasteiger partial charge in [0.1, 0.15) is 0 Å². The van der Waals surface area contributed by atoms with Gasteiger partial charge in [0.2, 0.25) is 5.95 Å². The lowest BCUT2D eigenvalue weighted by atomic mass is 10.1. The summed E-state index contributed by atoms with van der Waals surface area (Å²) < 4.78 is 4.41. The van der Waals surface area contributed by atoms with E-state index in [2.05, 4.69) is 106 Å². The highest BCUT2D eigenvalue weighted by atomic mass is 15.2. The molecule has 0 atom stereocenters. The van der Waals surface area contributed by atoms with Crippen molar-refractivity contribution < 1.29 is 0 Å². The van der Waals surface area contributed by atoms with Crippen LogP contribution in [0.2, 0.25) is 0 Å². The standard InChI is InChI=1S/C38H24N6/c1-2-13-25(14-3-1)36-40-37(42-38(41-36)44-30-19-8-4-15-26(30)27-16-5-9-20-31(27)44)29-18-7-11-22-33(29)43-32-21-10-6-17-28(32)35-34(43)23-12-24-39-35/h1-24H. The third kappa shape index (κ3) is 3.68. The summed E-state index contributed by atoms with van der Waals surface area (Å²) >= 11 is 0. The van der Waals surface area contributed by atoms with E-state index in [1.54, 1.807) is 0 Å². The Kier molecular flexibility index (Phi) is 5.40. The number of pyridine rings is 1. The Morgan fingerprint density at radius 1 is 0.409 bits per heavy atom. The van der Waals surface area contributed by atoms with Gasteiger partial charge in [0, 0.05) is 33.5 Å². The third-order valence-electron chi connectivity index (χ3n) is 8.25. The second-order valence-corrected chi connectivity index (χ2v) is 10.8. The van der Waals surface area contributed by atoms with Crippen LogP contribution in [0.5, 0.6) is 0 Å². The summed E-state index contributed by atoms with van der Waals surface area (Å²) in [5, 5.41) is 3.42. The minimum atomic E-state index is 0.574. The largest absolute Gasteiger partial charge is 0.307 e. The van der Waals surface area contributed by atoms with Gasteiger partial charge in [-0.25, -0.2) is 4.98 Å². The second-order valence-electron chi connectivity index (χ2n) is 10.8. The maximum atomic E-state index is 5.21. The first kappa shape index (κ1) is 24.5. The Morgan fingerprint density at radius 3 is 1.73 bits per heavy atom. The lowest BCUT2D eigenvalue weighted by molar-refractivity contribution is 0.951. The molecule has 0 aliphatic heterocycles. The van der Waals surface area contributed by atoms with Crippen LogP contribution in [0.4, 0.5) is 0 Å². The van der Waals surface area contributed by atoms with Crippen molar-refractivity contribution in [1.82, 2.24) is 29.1 Å². The number of aromatic nitrogens is 6. The van der Waals surface area contributed by atoms with E-state index in [4.69, 9.17) is 19.9 Å². The van der Waals surface area contributed by atoms with E-state index >= 15 is 0 Å². The Balaban J connectivity index is 1.36. The zero-order chi connectivity index (χ0) is 29.0. The van der Waals surface area contributed by atoms with E-state index < -0.39 is 0 Å². The maximum Gasteiger partial charge on any atom is 0.238 e. The van der Waals surface area contributed by atoms with Gasteiger partial charge in [0.15, 0.2) is 11.6 Å². The Hall–Kier alpha value is -6.14. The molecule has 9 rings (SSSR count). The van der Waals surface area contributed by atoms with Gasteiger partial charge in [-0.15, -0.1) is 0 Å². The minimum Gasteiger partial charge on any atom is -0.307 e. The molecular formula is C38H24N6. The summed E-state index contributed by atoms with van der Waals surface area (Å²) in [7, 11) is 0. The van der Waals surface area contributed by atoms with Crippen molar-refractivity contribution in [2.45, 2.75) is 0 Å². The number of nitrogens with zero attached hydrogens (tertiary/aromatic N) is 6. The third-order valence-corrected chi connectivity index (χ3v) is 8.25. The number of fused-ring (bicyclic) bond motifs is 6. The lowest BCUT2D eigenvalue weighted by Gasteiger charge is -2.15. The Morgan fingerprint density at radius 2 is 0.977 bits per heavy atom. The summed E-state index contributed by atoms with van der Waals surface area (Å²) in [5.41, 5.74) is 7.97. The molecule has 0 saturated heterocycles. The predicted octanol–water partition coefficient (Wildman–Crippen LogP) is 8.79. The number of para-hydroxylation sites is 4. The van der Waals surface area contributed by atoms with Crippen LogP contribution >= 0.6 is 0 Å². The van der Waals surface area contributed by atoms with Crippen LogP contribution in [0.15, 0.2) is 146 Å². The summed E-state index contributed by atoms with van der Waals surface area (Å²) in [6.45, 7) is 0. The Bertz CT molecular complexity index is 2400. The van der Waals surface area contributed by atoms with Crippen molar-refractivity contribution in [2.75, 3.05) is 0 Å². The van der Waals surface area contributed by atoms with Gasteiger partial charge < -0.3 is 4.57 Å². The predicted molar refractivity (Wildman–Crippen MR) is 177 cm³/mol. The van der Waals surface area contributed by atoms with Gasteiger partial charge in [-0.2, -0.15) is 9.97 Å². The van der Waals surface area contributed by atoms with Crippen molar-refractivity contribution in [3.63, 3.8) is 0 Å². The second kappa shape index (κ2) is 9.71. The van der Waals surface area contributed by atoms with Crippen molar-refractivity contribution in [2.24, 2.45) is 0 Å². The molecule has 206 valence electrons. The maximum absolute atomic E-state index is 5.21. The molecule has 6 nitrogen and oxygen atoms in total. The summed E-state index contributed by atoms with van der Waals surface area (Å²) in [6, 6.07) is 47.7. The lowest BCUT2D eigenvalue weighted by Crippen LogP contribution is -2.07. The van der Waals surface area contributed by atoms with Gasteiger partial charge in [0.05, 0.1) is 33.3 Å². The quantitative estimate of drug-likeness (QED) is 0.214. The molecule has 6 heteroatoms. The number of benzene rings is 5. The van der Waals surface area contributed by atoms with Crippen molar-refractivity contribution in [3.05, 3.63) is 146 Å². The first-order valence-corrected chi connectivity index (χ1v) is 14.6. The first-order chi connectivity index (χ1) is 21.8. The molecule has 0 spiro atoms. The van der Waals surface area contributed by atoms with E-state index in [1.807, 2.05) is 48.7 Å².